The van der Waals surface area contributed by atoms with Crippen molar-refractivity contribution in [2.24, 2.45) is 17.3 Å². The van der Waals surface area contributed by atoms with Gasteiger partial charge in [-0.1, -0.05) is 34.6 Å². The van der Waals surface area contributed by atoms with Crippen molar-refractivity contribution in [3.8, 4) is 0 Å². The summed E-state index contributed by atoms with van der Waals surface area (Å²) in [5, 5.41) is 9.87. The largest absolute Gasteiger partial charge is 0.390 e. The lowest BCUT2D eigenvalue weighted by Crippen LogP contribution is -2.41. The van der Waals surface area contributed by atoms with Crippen LogP contribution in [0.2, 0.25) is 0 Å². The Morgan fingerprint density at radius 1 is 0.917 bits per heavy atom. The molecule has 0 fully saturated rings. The van der Waals surface area contributed by atoms with E-state index in [9.17, 15) is 5.11 Å². The molecule has 0 radical (unpaired) electrons. The van der Waals surface area contributed by atoms with Crippen molar-refractivity contribution in [2.45, 2.75) is 54.1 Å². The molecular formula is C11H24O. The highest BCUT2D eigenvalue weighted by molar-refractivity contribution is 4.87. The minimum absolute atomic E-state index is 0.193. The van der Waals surface area contributed by atoms with E-state index in [1.54, 1.807) is 0 Å². The Labute approximate surface area is 77.2 Å². The highest BCUT2D eigenvalue weighted by Gasteiger charge is 2.37. The van der Waals surface area contributed by atoms with Crippen LogP contribution in [0.5, 0.6) is 0 Å². The zero-order valence-electron chi connectivity index (χ0n) is 9.60. The molecule has 1 nitrogen and oxygen atoms in total. The van der Waals surface area contributed by atoms with Crippen LogP contribution in [0.15, 0.2) is 0 Å². The van der Waals surface area contributed by atoms with Crippen LogP contribution in [0.3, 0.4) is 0 Å². The lowest BCUT2D eigenvalue weighted by molar-refractivity contribution is -0.0454. The van der Waals surface area contributed by atoms with Gasteiger partial charge in [-0.3, -0.25) is 0 Å². The van der Waals surface area contributed by atoms with Gasteiger partial charge in [-0.05, 0) is 31.1 Å². The maximum absolute atomic E-state index is 9.87. The van der Waals surface area contributed by atoms with Gasteiger partial charge in [0.15, 0.2) is 0 Å². The van der Waals surface area contributed by atoms with Gasteiger partial charge in [-0.15, -0.1) is 0 Å². The summed E-state index contributed by atoms with van der Waals surface area (Å²) in [5.41, 5.74) is -0.383. The molecule has 0 spiro atoms. The Bertz CT molecular complexity index is 140. The second-order valence-corrected chi connectivity index (χ2v) is 5.35. The predicted molar refractivity (Wildman–Crippen MR) is 54.1 cm³/mol. The molecule has 74 valence electrons. The second kappa shape index (κ2) is 3.37. The molecule has 1 N–H and O–H groups in total. The van der Waals surface area contributed by atoms with Crippen molar-refractivity contribution < 1.29 is 5.11 Å². The Kier molecular flexibility index (Phi) is 3.36. The van der Waals surface area contributed by atoms with E-state index in [2.05, 4.69) is 34.6 Å². The van der Waals surface area contributed by atoms with E-state index in [0.717, 1.165) is 0 Å². The summed E-state index contributed by atoms with van der Waals surface area (Å²) in [6.07, 6.45) is 0. The van der Waals surface area contributed by atoms with Gasteiger partial charge in [0.05, 0.1) is 5.60 Å². The molecule has 0 aliphatic carbocycles. The zero-order chi connectivity index (χ0) is 10.2. The molecule has 0 aliphatic heterocycles. The molecule has 0 rings (SSSR count). The van der Waals surface area contributed by atoms with Gasteiger partial charge in [0.25, 0.3) is 0 Å². The van der Waals surface area contributed by atoms with Gasteiger partial charge in [-0.2, -0.15) is 0 Å². The van der Waals surface area contributed by atoms with Crippen LogP contribution in [0.4, 0.5) is 0 Å². The Balaban J connectivity index is 4.57. The molecule has 1 atom stereocenters. The topological polar surface area (TPSA) is 20.2 Å². The van der Waals surface area contributed by atoms with Crippen LogP contribution < -0.4 is 0 Å². The molecule has 0 aromatic rings. The van der Waals surface area contributed by atoms with Crippen LogP contribution in [-0.2, 0) is 0 Å². The number of rotatable bonds is 3. The third-order valence-electron chi connectivity index (χ3n) is 3.66. The first kappa shape index (κ1) is 12.0. The maximum Gasteiger partial charge on any atom is 0.0622 e. The molecule has 1 heteroatoms. The van der Waals surface area contributed by atoms with Crippen molar-refractivity contribution >= 4 is 0 Å². The smallest absolute Gasteiger partial charge is 0.0622 e. The maximum atomic E-state index is 9.87. The minimum Gasteiger partial charge on any atom is -0.390 e. The molecule has 0 bridgehead atoms. The van der Waals surface area contributed by atoms with Crippen LogP contribution in [0.1, 0.15) is 48.5 Å². The van der Waals surface area contributed by atoms with E-state index in [1.807, 2.05) is 13.8 Å². The van der Waals surface area contributed by atoms with E-state index >= 15 is 0 Å². The first-order valence-corrected chi connectivity index (χ1v) is 4.82. The van der Waals surface area contributed by atoms with E-state index in [1.165, 1.54) is 0 Å². The van der Waals surface area contributed by atoms with Gasteiger partial charge in [0.2, 0.25) is 0 Å². The molecule has 0 saturated heterocycles. The molecule has 0 amide bonds. The normalized spacial score (nSPS) is 16.8. The van der Waals surface area contributed by atoms with Crippen molar-refractivity contribution in [1.82, 2.24) is 0 Å². The quantitative estimate of drug-likeness (QED) is 0.693. The molecular weight excluding hydrogens is 148 g/mol. The third kappa shape index (κ3) is 2.48. The average Bonchev–Trinajstić information content (AvgIpc) is 1.83. The molecule has 1 unspecified atom stereocenters. The monoisotopic (exact) mass is 172 g/mol. The summed E-state index contributed by atoms with van der Waals surface area (Å²) in [4.78, 5) is 0. The first-order chi connectivity index (χ1) is 5.10. The highest BCUT2D eigenvalue weighted by Crippen LogP contribution is 2.40. The van der Waals surface area contributed by atoms with Gasteiger partial charge < -0.3 is 5.11 Å². The molecule has 0 heterocycles. The second-order valence-electron chi connectivity index (χ2n) is 5.35. The Morgan fingerprint density at radius 3 is 1.33 bits per heavy atom. The summed E-state index contributed by atoms with van der Waals surface area (Å²) in [7, 11) is 0. The minimum atomic E-state index is -0.576. The van der Waals surface area contributed by atoms with Crippen molar-refractivity contribution in [1.29, 1.82) is 0 Å². The standard InChI is InChI=1S/C11H24O/c1-8(2)10(4,5)9(3)11(6,7)12/h8-9,12H,1-7H3. The number of hydrogen-bond donors (Lipinski definition) is 1. The van der Waals surface area contributed by atoms with E-state index in [4.69, 9.17) is 0 Å². The Morgan fingerprint density at radius 2 is 1.25 bits per heavy atom. The average molecular weight is 172 g/mol. The van der Waals surface area contributed by atoms with Gasteiger partial charge in [0, 0.05) is 0 Å². The lowest BCUT2D eigenvalue weighted by Gasteiger charge is -2.42. The van der Waals surface area contributed by atoms with Crippen molar-refractivity contribution in [3.63, 3.8) is 0 Å². The number of hydrogen-bond acceptors (Lipinski definition) is 1. The van der Waals surface area contributed by atoms with E-state index in [0.29, 0.717) is 11.8 Å². The molecule has 12 heavy (non-hydrogen) atoms. The summed E-state index contributed by atoms with van der Waals surface area (Å²) in [5.74, 6) is 0.906. The fraction of sp³-hybridized carbons (Fsp3) is 1.00. The molecule has 0 aromatic heterocycles. The summed E-state index contributed by atoms with van der Waals surface area (Å²) in [6, 6.07) is 0. The SMILES string of the molecule is CC(C)C(C)(C)C(C)C(C)(C)O. The van der Waals surface area contributed by atoms with Gasteiger partial charge >= 0.3 is 0 Å². The van der Waals surface area contributed by atoms with Crippen LogP contribution in [0, 0.1) is 17.3 Å². The van der Waals surface area contributed by atoms with Gasteiger partial charge in [-0.25, -0.2) is 0 Å². The first-order valence-electron chi connectivity index (χ1n) is 4.82. The summed E-state index contributed by atoms with van der Waals surface area (Å²) < 4.78 is 0. The van der Waals surface area contributed by atoms with Crippen LogP contribution >= 0.6 is 0 Å². The fourth-order valence-electron chi connectivity index (χ4n) is 1.41. The van der Waals surface area contributed by atoms with E-state index in [-0.39, 0.29) is 5.41 Å². The van der Waals surface area contributed by atoms with Crippen LogP contribution in [-0.4, -0.2) is 10.7 Å². The molecule has 0 aliphatic rings. The zero-order valence-corrected chi connectivity index (χ0v) is 9.60. The van der Waals surface area contributed by atoms with Crippen LogP contribution in [0.25, 0.3) is 0 Å². The summed E-state index contributed by atoms with van der Waals surface area (Å²) >= 11 is 0. The summed E-state index contributed by atoms with van der Waals surface area (Å²) in [6.45, 7) is 14.8. The fourth-order valence-corrected chi connectivity index (χ4v) is 1.41. The van der Waals surface area contributed by atoms with Crippen molar-refractivity contribution in [2.75, 3.05) is 0 Å². The highest BCUT2D eigenvalue weighted by atomic mass is 16.3. The Hall–Kier alpha value is -0.0400. The predicted octanol–water partition coefficient (Wildman–Crippen LogP) is 3.08. The number of aliphatic hydroxyl groups is 1. The van der Waals surface area contributed by atoms with Crippen molar-refractivity contribution in [3.05, 3.63) is 0 Å². The lowest BCUT2D eigenvalue weighted by atomic mass is 9.66. The third-order valence-corrected chi connectivity index (χ3v) is 3.66. The van der Waals surface area contributed by atoms with E-state index < -0.39 is 5.60 Å². The molecule has 0 saturated carbocycles. The molecule has 0 aromatic carbocycles. The van der Waals surface area contributed by atoms with Gasteiger partial charge in [0.1, 0.15) is 0 Å².